The fourth-order valence-electron chi connectivity index (χ4n) is 1.80. The van der Waals surface area contributed by atoms with Gasteiger partial charge in [0.15, 0.2) is 5.78 Å². The molecule has 2 rings (SSSR count). The van der Waals surface area contributed by atoms with Gasteiger partial charge in [-0.3, -0.25) is 4.79 Å². The number of hydrogen-bond acceptors (Lipinski definition) is 3. The Hall–Kier alpha value is -2.29. The minimum absolute atomic E-state index is 0.0770. The zero-order valence-electron chi connectivity index (χ0n) is 10.6. The monoisotopic (exact) mass is 240 g/mol. The highest BCUT2D eigenvalue weighted by molar-refractivity contribution is 5.94. The summed E-state index contributed by atoms with van der Waals surface area (Å²) >= 11 is 0. The summed E-state index contributed by atoms with van der Waals surface area (Å²) in [6.07, 6.45) is 0. The first-order valence-electron chi connectivity index (χ1n) is 5.78. The number of ketones is 1. The number of benzene rings is 2. The van der Waals surface area contributed by atoms with E-state index in [0.29, 0.717) is 0 Å². The van der Waals surface area contributed by atoms with Gasteiger partial charge in [0, 0.05) is 29.7 Å². The SMILES string of the molecule is CC(=O)c1ccc(N(C)c2cccc(N)c2)cc1. The molecule has 2 N–H and O–H groups in total. The Bertz CT molecular complexity index is 561. The van der Waals surface area contributed by atoms with Gasteiger partial charge in [-0.1, -0.05) is 6.07 Å². The zero-order chi connectivity index (χ0) is 13.1. The maximum absolute atomic E-state index is 11.2. The number of carbonyl (C=O) groups excluding carboxylic acids is 1. The van der Waals surface area contributed by atoms with E-state index in [9.17, 15) is 4.79 Å². The molecule has 0 amide bonds. The van der Waals surface area contributed by atoms with Crippen LogP contribution >= 0.6 is 0 Å². The molecule has 2 aromatic carbocycles. The van der Waals surface area contributed by atoms with Gasteiger partial charge in [0.1, 0.15) is 0 Å². The summed E-state index contributed by atoms with van der Waals surface area (Å²) in [5, 5.41) is 0. The second-order valence-electron chi connectivity index (χ2n) is 4.26. The number of Topliss-reactive ketones (excluding diaryl/α,β-unsaturated/α-hetero) is 1. The fraction of sp³-hybridized carbons (Fsp3) is 0.133. The van der Waals surface area contributed by atoms with Gasteiger partial charge in [0.2, 0.25) is 0 Å². The molecule has 92 valence electrons. The molecular formula is C15H16N2O. The van der Waals surface area contributed by atoms with Crippen LogP contribution in [-0.4, -0.2) is 12.8 Å². The molecule has 3 heteroatoms. The van der Waals surface area contributed by atoms with Crippen molar-refractivity contribution in [3.05, 3.63) is 54.1 Å². The Kier molecular flexibility index (Phi) is 3.33. The van der Waals surface area contributed by atoms with Crippen molar-refractivity contribution >= 4 is 22.8 Å². The van der Waals surface area contributed by atoms with Crippen LogP contribution in [0.1, 0.15) is 17.3 Å². The third-order valence-corrected chi connectivity index (χ3v) is 2.92. The van der Waals surface area contributed by atoms with Gasteiger partial charge in [-0.15, -0.1) is 0 Å². The number of nitrogens with zero attached hydrogens (tertiary/aromatic N) is 1. The molecule has 0 bridgehead atoms. The van der Waals surface area contributed by atoms with Gasteiger partial charge < -0.3 is 10.6 Å². The predicted molar refractivity (Wildman–Crippen MR) is 75.4 cm³/mol. The first-order chi connectivity index (χ1) is 8.58. The maximum Gasteiger partial charge on any atom is 0.159 e. The molecule has 0 heterocycles. The Labute approximate surface area is 107 Å². The molecule has 0 saturated heterocycles. The first kappa shape index (κ1) is 12.2. The highest BCUT2D eigenvalue weighted by Gasteiger charge is 2.05. The molecule has 0 aliphatic rings. The number of nitrogens with two attached hydrogens (primary N) is 1. The van der Waals surface area contributed by atoms with Crippen LogP contribution in [0, 0.1) is 0 Å². The number of rotatable bonds is 3. The summed E-state index contributed by atoms with van der Waals surface area (Å²) in [4.78, 5) is 13.2. The van der Waals surface area contributed by atoms with Crippen molar-refractivity contribution in [3.8, 4) is 0 Å². The molecule has 18 heavy (non-hydrogen) atoms. The van der Waals surface area contributed by atoms with Crippen LogP contribution in [0.3, 0.4) is 0 Å². The van der Waals surface area contributed by atoms with E-state index in [1.165, 1.54) is 0 Å². The molecule has 0 aromatic heterocycles. The smallest absolute Gasteiger partial charge is 0.159 e. The molecule has 0 spiro atoms. The average Bonchev–Trinajstić information content (AvgIpc) is 2.38. The van der Waals surface area contributed by atoms with Crippen LogP contribution in [0.2, 0.25) is 0 Å². The zero-order valence-corrected chi connectivity index (χ0v) is 10.6. The average molecular weight is 240 g/mol. The summed E-state index contributed by atoms with van der Waals surface area (Å²) in [6, 6.07) is 15.2. The Balaban J connectivity index is 2.28. The lowest BCUT2D eigenvalue weighted by atomic mass is 10.1. The molecule has 0 saturated carbocycles. The number of hydrogen-bond donors (Lipinski definition) is 1. The lowest BCUT2D eigenvalue weighted by Gasteiger charge is -2.20. The molecule has 0 atom stereocenters. The third kappa shape index (κ3) is 2.51. The van der Waals surface area contributed by atoms with E-state index in [1.54, 1.807) is 6.92 Å². The number of carbonyl (C=O) groups is 1. The van der Waals surface area contributed by atoms with Crippen LogP contribution in [0.25, 0.3) is 0 Å². The largest absolute Gasteiger partial charge is 0.399 e. The van der Waals surface area contributed by atoms with Crippen molar-refractivity contribution in [1.29, 1.82) is 0 Å². The molecular weight excluding hydrogens is 224 g/mol. The Morgan fingerprint density at radius 2 is 1.72 bits per heavy atom. The van der Waals surface area contributed by atoms with E-state index < -0.39 is 0 Å². The molecule has 0 aliphatic carbocycles. The van der Waals surface area contributed by atoms with Crippen molar-refractivity contribution in [1.82, 2.24) is 0 Å². The highest BCUT2D eigenvalue weighted by atomic mass is 16.1. The van der Waals surface area contributed by atoms with Crippen molar-refractivity contribution in [2.75, 3.05) is 17.7 Å². The quantitative estimate of drug-likeness (QED) is 0.661. The van der Waals surface area contributed by atoms with Gasteiger partial charge in [-0.25, -0.2) is 0 Å². The second kappa shape index (κ2) is 4.92. The molecule has 2 aromatic rings. The third-order valence-electron chi connectivity index (χ3n) is 2.92. The Morgan fingerprint density at radius 1 is 1.06 bits per heavy atom. The van der Waals surface area contributed by atoms with Crippen molar-refractivity contribution in [3.63, 3.8) is 0 Å². The van der Waals surface area contributed by atoms with E-state index >= 15 is 0 Å². The van der Waals surface area contributed by atoms with Crippen molar-refractivity contribution in [2.45, 2.75) is 6.92 Å². The van der Waals surface area contributed by atoms with E-state index in [0.717, 1.165) is 22.6 Å². The first-order valence-corrected chi connectivity index (χ1v) is 5.78. The van der Waals surface area contributed by atoms with Crippen LogP contribution in [0.4, 0.5) is 17.1 Å². The van der Waals surface area contributed by atoms with Gasteiger partial charge in [0.25, 0.3) is 0 Å². The van der Waals surface area contributed by atoms with Gasteiger partial charge in [-0.05, 0) is 49.4 Å². The summed E-state index contributed by atoms with van der Waals surface area (Å²) in [5.74, 6) is 0.0770. The lowest BCUT2D eigenvalue weighted by molar-refractivity contribution is 0.101. The Morgan fingerprint density at radius 3 is 2.28 bits per heavy atom. The highest BCUT2D eigenvalue weighted by Crippen LogP contribution is 2.25. The van der Waals surface area contributed by atoms with E-state index in [1.807, 2.05) is 60.5 Å². The minimum Gasteiger partial charge on any atom is -0.399 e. The van der Waals surface area contributed by atoms with Crippen LogP contribution in [0.5, 0.6) is 0 Å². The molecule has 0 fully saturated rings. The van der Waals surface area contributed by atoms with E-state index in [-0.39, 0.29) is 5.78 Å². The van der Waals surface area contributed by atoms with Gasteiger partial charge in [-0.2, -0.15) is 0 Å². The minimum atomic E-state index is 0.0770. The van der Waals surface area contributed by atoms with Crippen molar-refractivity contribution in [2.24, 2.45) is 0 Å². The van der Waals surface area contributed by atoms with E-state index in [4.69, 9.17) is 5.73 Å². The maximum atomic E-state index is 11.2. The number of nitrogen functional groups attached to an aromatic ring is 1. The van der Waals surface area contributed by atoms with Crippen LogP contribution < -0.4 is 10.6 Å². The summed E-state index contributed by atoms with van der Waals surface area (Å²) in [6.45, 7) is 1.57. The lowest BCUT2D eigenvalue weighted by Crippen LogP contribution is -2.09. The van der Waals surface area contributed by atoms with Gasteiger partial charge in [0.05, 0.1) is 0 Å². The second-order valence-corrected chi connectivity index (χ2v) is 4.26. The summed E-state index contributed by atoms with van der Waals surface area (Å²) < 4.78 is 0. The van der Waals surface area contributed by atoms with Crippen LogP contribution in [-0.2, 0) is 0 Å². The fourth-order valence-corrected chi connectivity index (χ4v) is 1.80. The molecule has 0 radical (unpaired) electrons. The van der Waals surface area contributed by atoms with Gasteiger partial charge >= 0.3 is 0 Å². The topological polar surface area (TPSA) is 46.3 Å². The summed E-state index contributed by atoms with van der Waals surface area (Å²) in [7, 11) is 1.97. The molecule has 0 unspecified atom stereocenters. The molecule has 3 nitrogen and oxygen atoms in total. The predicted octanol–water partition coefficient (Wildman–Crippen LogP) is 3.24. The number of anilines is 3. The van der Waals surface area contributed by atoms with E-state index in [2.05, 4.69) is 0 Å². The molecule has 0 aliphatic heterocycles. The summed E-state index contributed by atoms with van der Waals surface area (Å²) in [5.41, 5.74) is 9.26. The standard InChI is InChI=1S/C15H16N2O/c1-11(18)12-6-8-14(9-7-12)17(2)15-5-3-4-13(16)10-15/h3-10H,16H2,1-2H3. The normalized spacial score (nSPS) is 10.1. The van der Waals surface area contributed by atoms with Crippen LogP contribution in [0.15, 0.2) is 48.5 Å². The van der Waals surface area contributed by atoms with Crippen molar-refractivity contribution < 1.29 is 4.79 Å².